The van der Waals surface area contributed by atoms with Gasteiger partial charge in [-0.3, -0.25) is 9.59 Å². The van der Waals surface area contributed by atoms with Gasteiger partial charge in [-0.25, -0.2) is 18.7 Å². The molecular formula is C22H16FN5O3S. The van der Waals surface area contributed by atoms with E-state index in [1.807, 2.05) is 22.9 Å². The van der Waals surface area contributed by atoms with Gasteiger partial charge in [-0.05, 0) is 18.2 Å². The molecule has 2 aromatic heterocycles. The second kappa shape index (κ2) is 7.97. The molecule has 0 radical (unpaired) electrons. The van der Waals surface area contributed by atoms with Gasteiger partial charge < -0.3 is 14.9 Å². The number of anilines is 1. The van der Waals surface area contributed by atoms with E-state index in [9.17, 15) is 18.8 Å². The number of amides is 1. The van der Waals surface area contributed by atoms with Gasteiger partial charge >= 0.3 is 5.69 Å². The van der Waals surface area contributed by atoms with Crippen LogP contribution < -0.4 is 16.6 Å². The molecule has 0 fully saturated rings. The number of aromatic amines is 1. The van der Waals surface area contributed by atoms with E-state index in [2.05, 4.69) is 15.3 Å². The summed E-state index contributed by atoms with van der Waals surface area (Å²) in [6, 6.07) is 12.5. The number of hydrogen-bond acceptors (Lipinski definition) is 5. The molecule has 0 saturated carbocycles. The van der Waals surface area contributed by atoms with Crippen LogP contribution in [0.5, 0.6) is 0 Å². The van der Waals surface area contributed by atoms with E-state index in [4.69, 9.17) is 0 Å². The zero-order valence-electron chi connectivity index (χ0n) is 16.5. The Labute approximate surface area is 184 Å². The van der Waals surface area contributed by atoms with Crippen LogP contribution in [-0.4, -0.2) is 30.8 Å². The van der Waals surface area contributed by atoms with Gasteiger partial charge in [0.1, 0.15) is 11.4 Å². The molecule has 1 aliphatic rings. The van der Waals surface area contributed by atoms with Crippen LogP contribution in [0, 0.1) is 5.82 Å². The fraction of sp³-hybridized carbons (Fsp3) is 0.0909. The van der Waals surface area contributed by atoms with Gasteiger partial charge in [0.25, 0.3) is 11.5 Å². The van der Waals surface area contributed by atoms with Crippen molar-refractivity contribution in [1.82, 2.24) is 19.1 Å². The van der Waals surface area contributed by atoms with E-state index in [1.165, 1.54) is 18.2 Å². The molecule has 2 aromatic carbocycles. The standard InChI is InChI=1S/C22H16FN5O3S/c23-15-6-2-4-8-18(15)28-20(30)14(11-24-21(28)31)19(29)25-16-7-3-1-5-13(16)17-12-27-9-10-32-22(27)26-17/h1-8,11-12H,9-10H2,(H,24,31)(H,25,29). The lowest BCUT2D eigenvalue weighted by Crippen LogP contribution is -2.38. The number of H-pyrrole nitrogens is 1. The summed E-state index contributed by atoms with van der Waals surface area (Å²) in [5.41, 5.74) is -0.476. The first-order valence-electron chi connectivity index (χ1n) is 9.73. The summed E-state index contributed by atoms with van der Waals surface area (Å²) in [5, 5.41) is 3.63. The molecule has 160 valence electrons. The molecule has 1 aliphatic heterocycles. The lowest BCUT2D eigenvalue weighted by Gasteiger charge is -2.11. The highest BCUT2D eigenvalue weighted by molar-refractivity contribution is 7.99. The zero-order chi connectivity index (χ0) is 22.2. The first kappa shape index (κ1) is 20.0. The van der Waals surface area contributed by atoms with Crippen molar-refractivity contribution in [2.75, 3.05) is 11.1 Å². The van der Waals surface area contributed by atoms with Crippen LogP contribution in [0.25, 0.3) is 16.9 Å². The number of aryl methyl sites for hydroxylation is 1. The van der Waals surface area contributed by atoms with E-state index < -0.39 is 23.0 Å². The molecule has 5 rings (SSSR count). The number of thioether (sulfide) groups is 1. The fourth-order valence-corrected chi connectivity index (χ4v) is 4.48. The van der Waals surface area contributed by atoms with Gasteiger partial charge in [-0.15, -0.1) is 0 Å². The van der Waals surface area contributed by atoms with E-state index in [1.54, 1.807) is 23.9 Å². The largest absolute Gasteiger partial charge is 0.333 e. The summed E-state index contributed by atoms with van der Waals surface area (Å²) < 4.78 is 16.9. The molecule has 10 heteroatoms. The SMILES string of the molecule is O=C(Nc1ccccc1-c1cn2c(n1)SCC2)c1c[nH]c(=O)n(-c2ccccc2F)c1=O. The van der Waals surface area contributed by atoms with Gasteiger partial charge in [0.15, 0.2) is 5.16 Å². The number of nitrogens with zero attached hydrogens (tertiary/aromatic N) is 3. The maximum absolute atomic E-state index is 14.2. The second-order valence-electron chi connectivity index (χ2n) is 7.05. The quantitative estimate of drug-likeness (QED) is 0.499. The van der Waals surface area contributed by atoms with Gasteiger partial charge in [-0.2, -0.15) is 0 Å². The first-order chi connectivity index (χ1) is 15.5. The van der Waals surface area contributed by atoms with Crippen LogP contribution in [0.1, 0.15) is 10.4 Å². The molecule has 3 heterocycles. The van der Waals surface area contributed by atoms with Gasteiger partial charge in [0.2, 0.25) is 0 Å². The van der Waals surface area contributed by atoms with Crippen molar-refractivity contribution >= 4 is 23.4 Å². The Kier molecular flexibility index (Phi) is 4.98. The number of para-hydroxylation sites is 2. The number of fused-ring (bicyclic) bond motifs is 1. The molecular weight excluding hydrogens is 433 g/mol. The number of nitrogens with one attached hydrogen (secondary N) is 2. The predicted molar refractivity (Wildman–Crippen MR) is 119 cm³/mol. The summed E-state index contributed by atoms with van der Waals surface area (Å²) in [4.78, 5) is 45.1. The number of hydrogen-bond donors (Lipinski definition) is 2. The fourth-order valence-electron chi connectivity index (χ4n) is 3.53. The minimum Gasteiger partial charge on any atom is -0.325 e. The van der Waals surface area contributed by atoms with Crippen LogP contribution in [0.3, 0.4) is 0 Å². The Morgan fingerprint density at radius 2 is 1.91 bits per heavy atom. The van der Waals surface area contributed by atoms with Crippen molar-refractivity contribution in [2.45, 2.75) is 11.7 Å². The summed E-state index contributed by atoms with van der Waals surface area (Å²) in [6.45, 7) is 0.870. The first-order valence-corrected chi connectivity index (χ1v) is 10.7. The molecule has 0 aliphatic carbocycles. The van der Waals surface area contributed by atoms with Crippen molar-refractivity contribution < 1.29 is 9.18 Å². The van der Waals surface area contributed by atoms with Crippen molar-refractivity contribution in [1.29, 1.82) is 0 Å². The van der Waals surface area contributed by atoms with Crippen molar-refractivity contribution in [3.8, 4) is 16.9 Å². The van der Waals surface area contributed by atoms with E-state index >= 15 is 0 Å². The van der Waals surface area contributed by atoms with Gasteiger partial charge in [0.05, 0.1) is 17.1 Å². The average molecular weight is 449 g/mol. The van der Waals surface area contributed by atoms with Gasteiger partial charge in [0, 0.05) is 30.3 Å². The topological polar surface area (TPSA) is 102 Å². The smallest absolute Gasteiger partial charge is 0.325 e. The van der Waals surface area contributed by atoms with E-state index in [0.29, 0.717) is 21.5 Å². The molecule has 0 unspecified atom stereocenters. The third-order valence-corrected chi connectivity index (χ3v) is 6.04. The highest BCUT2D eigenvalue weighted by Gasteiger charge is 2.20. The zero-order valence-corrected chi connectivity index (χ0v) is 17.4. The Hall–Kier alpha value is -3.92. The predicted octanol–water partition coefficient (Wildman–Crippen LogP) is 2.89. The Morgan fingerprint density at radius 3 is 2.72 bits per heavy atom. The molecule has 0 bridgehead atoms. The highest BCUT2D eigenvalue weighted by Crippen LogP contribution is 2.32. The number of aromatic nitrogens is 4. The molecule has 0 spiro atoms. The van der Waals surface area contributed by atoms with Crippen LogP contribution in [0.15, 0.2) is 75.7 Å². The highest BCUT2D eigenvalue weighted by atomic mass is 32.2. The Bertz CT molecular complexity index is 1450. The van der Waals surface area contributed by atoms with Crippen LogP contribution in [-0.2, 0) is 6.54 Å². The monoisotopic (exact) mass is 449 g/mol. The van der Waals surface area contributed by atoms with E-state index in [-0.39, 0.29) is 11.3 Å². The third-order valence-electron chi connectivity index (χ3n) is 5.07. The number of carbonyl (C=O) groups is 1. The molecule has 4 aromatic rings. The normalized spacial score (nSPS) is 12.5. The van der Waals surface area contributed by atoms with Crippen molar-refractivity contribution in [2.24, 2.45) is 0 Å². The number of halogens is 1. The molecule has 32 heavy (non-hydrogen) atoms. The average Bonchev–Trinajstić information content (AvgIpc) is 3.38. The lowest BCUT2D eigenvalue weighted by atomic mass is 10.1. The maximum atomic E-state index is 14.2. The Balaban J connectivity index is 1.52. The molecule has 0 atom stereocenters. The molecule has 8 nitrogen and oxygen atoms in total. The maximum Gasteiger partial charge on any atom is 0.333 e. The third kappa shape index (κ3) is 3.44. The minimum atomic E-state index is -0.925. The molecule has 2 N–H and O–H groups in total. The number of carbonyl (C=O) groups excluding carboxylic acids is 1. The molecule has 1 amide bonds. The summed E-state index contributed by atoms with van der Waals surface area (Å²) in [6.07, 6.45) is 2.95. The summed E-state index contributed by atoms with van der Waals surface area (Å²) in [5.74, 6) is -0.514. The van der Waals surface area contributed by atoms with Crippen molar-refractivity contribution in [3.63, 3.8) is 0 Å². The van der Waals surface area contributed by atoms with Crippen molar-refractivity contribution in [3.05, 3.63) is 93.1 Å². The minimum absolute atomic E-state index is 0.237. The molecule has 0 saturated heterocycles. The summed E-state index contributed by atoms with van der Waals surface area (Å²) >= 11 is 1.66. The van der Waals surface area contributed by atoms with Crippen LogP contribution in [0.2, 0.25) is 0 Å². The van der Waals surface area contributed by atoms with Crippen LogP contribution in [0.4, 0.5) is 10.1 Å². The second-order valence-corrected chi connectivity index (χ2v) is 8.11. The van der Waals surface area contributed by atoms with E-state index in [0.717, 1.165) is 29.7 Å². The van der Waals surface area contributed by atoms with Gasteiger partial charge in [-0.1, -0.05) is 42.1 Å². The number of benzene rings is 2. The number of imidazole rings is 1. The Morgan fingerprint density at radius 1 is 1.12 bits per heavy atom. The lowest BCUT2D eigenvalue weighted by molar-refractivity contribution is 0.102. The summed E-state index contributed by atoms with van der Waals surface area (Å²) in [7, 11) is 0. The number of rotatable bonds is 4. The van der Waals surface area contributed by atoms with Crippen LogP contribution >= 0.6 is 11.8 Å².